The highest BCUT2D eigenvalue weighted by Crippen LogP contribution is 2.12. The van der Waals surface area contributed by atoms with Crippen molar-refractivity contribution in [2.45, 2.75) is 18.9 Å². The monoisotopic (exact) mass is 254 g/mol. The Morgan fingerprint density at radius 2 is 2.33 bits per heavy atom. The molecule has 0 radical (unpaired) electrons. The number of nitrogens with zero attached hydrogens (tertiary/aromatic N) is 1. The van der Waals surface area contributed by atoms with E-state index in [0.717, 1.165) is 0 Å². The molecule has 1 aromatic rings. The molecule has 1 heterocycles. The molecule has 1 atom stereocenters. The van der Waals surface area contributed by atoms with E-state index in [1.54, 1.807) is 14.0 Å². The molecule has 6 heteroatoms. The number of nitrogens with one attached hydrogen (secondary N) is 1. The molecule has 3 N–H and O–H groups in total. The summed E-state index contributed by atoms with van der Waals surface area (Å²) in [6.07, 6.45) is 1.89. The van der Waals surface area contributed by atoms with Crippen molar-refractivity contribution in [2.75, 3.05) is 25.6 Å². The summed E-state index contributed by atoms with van der Waals surface area (Å²) in [6.45, 7) is 2.41. The Kier molecular flexibility index (Phi) is 5.06. The largest absolute Gasteiger partial charge is 0.478 e. The number of carboxylic acid groups (broad SMARTS) is 1. The molecule has 18 heavy (non-hydrogen) atoms. The van der Waals surface area contributed by atoms with Gasteiger partial charge in [-0.05, 0) is 19.1 Å². The Balaban J connectivity index is 2.57. The van der Waals surface area contributed by atoms with Crippen LogP contribution in [0.1, 0.15) is 23.7 Å². The van der Waals surface area contributed by atoms with Gasteiger partial charge >= 0.3 is 5.97 Å². The second-order valence-electron chi connectivity index (χ2n) is 4.33. The first-order valence-electron chi connectivity index (χ1n) is 5.59. The maximum Gasteiger partial charge on any atom is 0.335 e. The molecule has 0 aromatic carbocycles. The van der Waals surface area contributed by atoms with Crippen molar-refractivity contribution in [3.8, 4) is 0 Å². The lowest BCUT2D eigenvalue weighted by molar-refractivity contribution is 0.0357. The summed E-state index contributed by atoms with van der Waals surface area (Å²) in [5, 5.41) is 21.7. The highest BCUT2D eigenvalue weighted by molar-refractivity contribution is 5.88. The van der Waals surface area contributed by atoms with Crippen LogP contribution in [-0.4, -0.2) is 47.0 Å². The van der Waals surface area contributed by atoms with Gasteiger partial charge in [0.1, 0.15) is 5.82 Å². The first kappa shape index (κ1) is 14.4. The highest BCUT2D eigenvalue weighted by atomic mass is 16.5. The first-order valence-corrected chi connectivity index (χ1v) is 5.59. The van der Waals surface area contributed by atoms with Crippen LogP contribution in [0.2, 0.25) is 0 Å². The topological polar surface area (TPSA) is 91.7 Å². The Labute approximate surface area is 106 Å². The van der Waals surface area contributed by atoms with Gasteiger partial charge in [0.15, 0.2) is 0 Å². The van der Waals surface area contributed by atoms with Gasteiger partial charge in [0.05, 0.1) is 11.2 Å². The fourth-order valence-corrected chi connectivity index (χ4v) is 1.35. The van der Waals surface area contributed by atoms with Crippen molar-refractivity contribution in [2.24, 2.45) is 0 Å². The summed E-state index contributed by atoms with van der Waals surface area (Å²) < 4.78 is 4.90. The summed E-state index contributed by atoms with van der Waals surface area (Å²) in [5.74, 6) is -0.584. The Bertz CT molecular complexity index is 407. The zero-order chi connectivity index (χ0) is 13.6. The van der Waals surface area contributed by atoms with E-state index in [2.05, 4.69) is 10.3 Å². The number of anilines is 1. The average molecular weight is 254 g/mol. The van der Waals surface area contributed by atoms with Crippen molar-refractivity contribution in [3.63, 3.8) is 0 Å². The van der Waals surface area contributed by atoms with Crippen LogP contribution in [0.4, 0.5) is 5.82 Å². The fraction of sp³-hybridized carbons (Fsp3) is 0.500. The van der Waals surface area contributed by atoms with Crippen LogP contribution in [-0.2, 0) is 4.74 Å². The summed E-state index contributed by atoms with van der Waals surface area (Å²) in [7, 11) is 1.57. The van der Waals surface area contributed by atoms with Gasteiger partial charge in [0, 0.05) is 32.9 Å². The predicted octanol–water partition coefficient (Wildman–Crippen LogP) is 0.979. The molecule has 0 spiro atoms. The summed E-state index contributed by atoms with van der Waals surface area (Å²) in [5.41, 5.74) is -0.777. The third-order valence-corrected chi connectivity index (χ3v) is 2.50. The molecule has 0 saturated carbocycles. The number of aliphatic hydroxyl groups is 1. The standard InChI is InChI=1S/C12H18N2O4/c1-12(17,4-6-18-2)8-14-10-7-9(11(15)16)3-5-13-10/h3,5,7,17H,4,6,8H2,1-2H3,(H,13,14)(H,15,16). The zero-order valence-corrected chi connectivity index (χ0v) is 10.5. The minimum absolute atomic E-state index is 0.157. The molecule has 0 aliphatic rings. The third-order valence-electron chi connectivity index (χ3n) is 2.50. The number of methoxy groups -OCH3 is 1. The Morgan fingerprint density at radius 3 is 2.94 bits per heavy atom. The molecule has 0 fully saturated rings. The van der Waals surface area contributed by atoms with Crippen LogP contribution in [0.15, 0.2) is 18.3 Å². The number of hydrogen-bond acceptors (Lipinski definition) is 5. The molecule has 1 unspecified atom stereocenters. The van der Waals surface area contributed by atoms with Crippen LogP contribution in [0.5, 0.6) is 0 Å². The number of rotatable bonds is 7. The van der Waals surface area contributed by atoms with Crippen molar-refractivity contribution in [1.82, 2.24) is 4.98 Å². The minimum Gasteiger partial charge on any atom is -0.478 e. The lowest BCUT2D eigenvalue weighted by Crippen LogP contribution is -2.34. The molecule has 100 valence electrons. The Morgan fingerprint density at radius 1 is 1.61 bits per heavy atom. The summed E-state index contributed by atoms with van der Waals surface area (Å²) in [6, 6.07) is 2.84. The maximum absolute atomic E-state index is 10.8. The molecule has 0 aliphatic heterocycles. The van der Waals surface area contributed by atoms with Gasteiger partial charge < -0.3 is 20.3 Å². The van der Waals surface area contributed by atoms with Gasteiger partial charge in [-0.15, -0.1) is 0 Å². The van der Waals surface area contributed by atoms with E-state index in [-0.39, 0.29) is 12.1 Å². The quantitative estimate of drug-likeness (QED) is 0.671. The van der Waals surface area contributed by atoms with E-state index in [4.69, 9.17) is 9.84 Å². The van der Waals surface area contributed by atoms with Crippen LogP contribution in [0.25, 0.3) is 0 Å². The average Bonchev–Trinajstić information content (AvgIpc) is 2.34. The first-order chi connectivity index (χ1) is 8.44. The Hall–Kier alpha value is -1.66. The van der Waals surface area contributed by atoms with E-state index in [1.807, 2.05) is 0 Å². The van der Waals surface area contributed by atoms with Gasteiger partial charge in [0.2, 0.25) is 0 Å². The van der Waals surface area contributed by atoms with Crippen LogP contribution >= 0.6 is 0 Å². The van der Waals surface area contributed by atoms with Crippen molar-refractivity contribution in [1.29, 1.82) is 0 Å². The minimum atomic E-state index is -1.01. The molecule has 1 aromatic heterocycles. The van der Waals surface area contributed by atoms with Gasteiger partial charge in [-0.25, -0.2) is 9.78 Å². The van der Waals surface area contributed by atoms with E-state index < -0.39 is 11.6 Å². The zero-order valence-electron chi connectivity index (χ0n) is 10.5. The van der Waals surface area contributed by atoms with Gasteiger partial charge in [-0.3, -0.25) is 0 Å². The SMILES string of the molecule is COCCC(C)(O)CNc1cc(C(=O)O)ccn1. The maximum atomic E-state index is 10.8. The number of carbonyl (C=O) groups is 1. The molecule has 1 rings (SSSR count). The fourth-order valence-electron chi connectivity index (χ4n) is 1.35. The van der Waals surface area contributed by atoms with Crippen molar-refractivity contribution >= 4 is 11.8 Å². The normalized spacial score (nSPS) is 13.9. The van der Waals surface area contributed by atoms with Gasteiger partial charge in [-0.2, -0.15) is 0 Å². The third kappa shape index (κ3) is 4.68. The smallest absolute Gasteiger partial charge is 0.335 e. The lowest BCUT2D eigenvalue weighted by Gasteiger charge is -2.23. The van der Waals surface area contributed by atoms with E-state index in [1.165, 1.54) is 18.3 Å². The number of hydrogen-bond donors (Lipinski definition) is 3. The van der Waals surface area contributed by atoms with E-state index >= 15 is 0 Å². The number of carboxylic acids is 1. The molecular formula is C12H18N2O4. The summed E-state index contributed by atoms with van der Waals surface area (Å²) in [4.78, 5) is 14.8. The van der Waals surface area contributed by atoms with Gasteiger partial charge in [-0.1, -0.05) is 0 Å². The molecule has 0 amide bonds. The molecule has 0 saturated heterocycles. The van der Waals surface area contributed by atoms with E-state index in [9.17, 15) is 9.90 Å². The number of aromatic nitrogens is 1. The molecule has 6 nitrogen and oxygen atoms in total. The van der Waals surface area contributed by atoms with E-state index in [0.29, 0.717) is 18.8 Å². The summed E-state index contributed by atoms with van der Waals surface area (Å²) >= 11 is 0. The number of aromatic carboxylic acids is 1. The molecule has 0 aliphatic carbocycles. The van der Waals surface area contributed by atoms with Crippen LogP contribution in [0.3, 0.4) is 0 Å². The number of pyridine rings is 1. The lowest BCUT2D eigenvalue weighted by atomic mass is 10.0. The second kappa shape index (κ2) is 6.32. The second-order valence-corrected chi connectivity index (χ2v) is 4.33. The number of ether oxygens (including phenoxy) is 1. The molecule has 0 bridgehead atoms. The van der Waals surface area contributed by atoms with Gasteiger partial charge in [0.25, 0.3) is 0 Å². The molecular weight excluding hydrogens is 236 g/mol. The van der Waals surface area contributed by atoms with Crippen LogP contribution < -0.4 is 5.32 Å². The van der Waals surface area contributed by atoms with Crippen LogP contribution in [0, 0.1) is 0 Å². The van der Waals surface area contributed by atoms with Crippen molar-refractivity contribution < 1.29 is 19.7 Å². The highest BCUT2D eigenvalue weighted by Gasteiger charge is 2.19. The van der Waals surface area contributed by atoms with Crippen molar-refractivity contribution in [3.05, 3.63) is 23.9 Å². The predicted molar refractivity (Wildman–Crippen MR) is 66.8 cm³/mol.